The van der Waals surface area contributed by atoms with Gasteiger partial charge < -0.3 is 10.5 Å². The first-order valence-electron chi connectivity index (χ1n) is 8.05. The number of hydrogen-bond donors (Lipinski definition) is 1. The molecule has 0 aliphatic heterocycles. The van der Waals surface area contributed by atoms with Crippen LogP contribution in [0.1, 0.15) is 57.7 Å². The minimum Gasteiger partial charge on any atom is -0.474 e. The maximum atomic E-state index is 12.8. The van der Waals surface area contributed by atoms with Crippen LogP contribution in [0.5, 0.6) is 5.88 Å². The highest BCUT2D eigenvalue weighted by Crippen LogP contribution is 2.39. The highest BCUT2D eigenvalue weighted by atomic mass is 19.4. The summed E-state index contributed by atoms with van der Waals surface area (Å²) in [6.07, 6.45) is -0.853. The van der Waals surface area contributed by atoms with Crippen molar-refractivity contribution >= 4 is 0 Å². The summed E-state index contributed by atoms with van der Waals surface area (Å²) in [6.45, 7) is 6.77. The van der Waals surface area contributed by atoms with Crippen LogP contribution in [0.25, 0.3) is 0 Å². The van der Waals surface area contributed by atoms with E-state index in [0.29, 0.717) is 11.5 Å². The summed E-state index contributed by atoms with van der Waals surface area (Å²) < 4.78 is 44.2. The van der Waals surface area contributed by atoms with E-state index < -0.39 is 11.9 Å². The topological polar surface area (TPSA) is 48.1 Å². The van der Waals surface area contributed by atoms with Crippen molar-refractivity contribution in [1.29, 1.82) is 0 Å². The van der Waals surface area contributed by atoms with E-state index in [1.165, 1.54) is 6.07 Å². The number of alkyl halides is 3. The summed E-state index contributed by atoms with van der Waals surface area (Å²) in [6, 6.07) is 2.30. The molecule has 1 aliphatic carbocycles. The van der Waals surface area contributed by atoms with Gasteiger partial charge in [-0.15, -0.1) is 0 Å². The molecule has 2 N–H and O–H groups in total. The van der Waals surface area contributed by atoms with E-state index in [2.05, 4.69) is 25.8 Å². The first-order chi connectivity index (χ1) is 10.6. The van der Waals surface area contributed by atoms with Crippen LogP contribution in [0.4, 0.5) is 13.2 Å². The number of ether oxygens (including phenoxy) is 1. The van der Waals surface area contributed by atoms with E-state index in [0.717, 1.165) is 31.7 Å². The first kappa shape index (κ1) is 18.0. The molecule has 23 heavy (non-hydrogen) atoms. The van der Waals surface area contributed by atoms with Crippen LogP contribution < -0.4 is 10.5 Å². The van der Waals surface area contributed by atoms with Crippen molar-refractivity contribution in [1.82, 2.24) is 4.98 Å². The lowest BCUT2D eigenvalue weighted by Gasteiger charge is -2.36. The van der Waals surface area contributed by atoms with Crippen LogP contribution in [0.3, 0.4) is 0 Å². The Morgan fingerprint density at radius 2 is 1.74 bits per heavy atom. The summed E-state index contributed by atoms with van der Waals surface area (Å²) in [4.78, 5) is 3.65. The molecule has 1 aromatic heterocycles. The van der Waals surface area contributed by atoms with Crippen LogP contribution in [-0.4, -0.2) is 11.1 Å². The number of pyridine rings is 1. The van der Waals surface area contributed by atoms with Crippen LogP contribution in [0.2, 0.25) is 0 Å². The molecule has 1 aromatic rings. The quantitative estimate of drug-likeness (QED) is 0.885. The molecule has 0 radical (unpaired) electrons. The van der Waals surface area contributed by atoms with Crippen molar-refractivity contribution in [3.05, 3.63) is 23.4 Å². The van der Waals surface area contributed by atoms with Crippen LogP contribution >= 0.6 is 0 Å². The van der Waals surface area contributed by atoms with Gasteiger partial charge in [0.1, 0.15) is 11.8 Å². The number of nitrogens with zero attached hydrogens (tertiary/aromatic N) is 1. The maximum absolute atomic E-state index is 12.8. The van der Waals surface area contributed by atoms with Gasteiger partial charge in [0.2, 0.25) is 5.88 Å². The van der Waals surface area contributed by atoms with Gasteiger partial charge in [0, 0.05) is 12.1 Å². The Morgan fingerprint density at radius 1 is 1.13 bits per heavy atom. The van der Waals surface area contributed by atoms with Crippen LogP contribution in [0, 0.1) is 11.3 Å². The van der Waals surface area contributed by atoms with Crippen molar-refractivity contribution in [2.24, 2.45) is 17.1 Å². The van der Waals surface area contributed by atoms with Gasteiger partial charge in [-0.25, -0.2) is 4.98 Å². The van der Waals surface area contributed by atoms with Crippen molar-refractivity contribution in [3.8, 4) is 5.88 Å². The molecule has 0 atom stereocenters. The molecule has 1 heterocycles. The predicted octanol–water partition coefficient (Wildman–Crippen LogP) is 4.54. The lowest BCUT2D eigenvalue weighted by atomic mass is 9.72. The predicted molar refractivity (Wildman–Crippen MR) is 83.0 cm³/mol. The second-order valence-corrected chi connectivity index (χ2v) is 7.32. The Balaban J connectivity index is 2.08. The van der Waals surface area contributed by atoms with Gasteiger partial charge in [-0.2, -0.15) is 13.2 Å². The molecule has 1 saturated carbocycles. The zero-order chi connectivity index (χ0) is 17.3. The number of halogens is 3. The standard InChI is InChI=1S/C17H25F3N2O/c1-16(2,3)12-5-7-13(8-6-12)23-15-11(10-21)4-9-14(22-15)17(18,19)20/h4,9,12-13H,5-8,10,21H2,1-3H3. The number of aromatic nitrogens is 1. The highest BCUT2D eigenvalue weighted by molar-refractivity contribution is 5.29. The Hall–Kier alpha value is -1.30. The molecule has 0 bridgehead atoms. The molecule has 1 fully saturated rings. The van der Waals surface area contributed by atoms with Crippen molar-refractivity contribution in [3.63, 3.8) is 0 Å². The van der Waals surface area contributed by atoms with Crippen LogP contribution in [0.15, 0.2) is 12.1 Å². The van der Waals surface area contributed by atoms with Gasteiger partial charge in [-0.3, -0.25) is 0 Å². The first-order valence-corrected chi connectivity index (χ1v) is 8.05. The number of rotatable bonds is 3. The summed E-state index contributed by atoms with van der Waals surface area (Å²) in [5.41, 5.74) is 5.42. The highest BCUT2D eigenvalue weighted by Gasteiger charge is 2.34. The second kappa shape index (κ2) is 6.67. The zero-order valence-corrected chi connectivity index (χ0v) is 13.9. The third kappa shape index (κ3) is 4.59. The van der Waals surface area contributed by atoms with E-state index in [9.17, 15) is 13.2 Å². The maximum Gasteiger partial charge on any atom is 0.433 e. The van der Waals surface area contributed by atoms with Gasteiger partial charge in [0.05, 0.1) is 0 Å². The van der Waals surface area contributed by atoms with Crippen LogP contribution in [-0.2, 0) is 12.7 Å². The monoisotopic (exact) mass is 330 g/mol. The van der Waals surface area contributed by atoms with Gasteiger partial charge in [0.25, 0.3) is 0 Å². The normalized spacial score (nSPS) is 22.9. The van der Waals surface area contributed by atoms with E-state index in [1.54, 1.807) is 0 Å². The average molecular weight is 330 g/mol. The van der Waals surface area contributed by atoms with Crippen molar-refractivity contribution < 1.29 is 17.9 Å². The Labute approximate surface area is 135 Å². The molecule has 0 amide bonds. The fourth-order valence-corrected chi connectivity index (χ4v) is 3.09. The molecule has 1 aliphatic rings. The van der Waals surface area contributed by atoms with Gasteiger partial charge >= 0.3 is 6.18 Å². The molecular formula is C17H25F3N2O. The minimum atomic E-state index is -4.48. The van der Waals surface area contributed by atoms with Gasteiger partial charge in [-0.05, 0) is 43.1 Å². The number of hydrogen-bond acceptors (Lipinski definition) is 3. The van der Waals surface area contributed by atoms with Crippen molar-refractivity contribution in [2.75, 3.05) is 0 Å². The molecule has 0 unspecified atom stereocenters. The zero-order valence-electron chi connectivity index (χ0n) is 13.9. The molecule has 0 aromatic carbocycles. The lowest BCUT2D eigenvalue weighted by molar-refractivity contribution is -0.141. The Morgan fingerprint density at radius 3 is 2.22 bits per heavy atom. The van der Waals surface area contributed by atoms with E-state index >= 15 is 0 Å². The molecule has 0 saturated heterocycles. The Kier molecular flexibility index (Phi) is 5.23. The van der Waals surface area contributed by atoms with Gasteiger partial charge in [0.15, 0.2) is 0 Å². The van der Waals surface area contributed by atoms with Crippen molar-refractivity contribution in [2.45, 2.75) is 65.3 Å². The average Bonchev–Trinajstić information content (AvgIpc) is 2.46. The molecule has 6 heteroatoms. The van der Waals surface area contributed by atoms with Gasteiger partial charge in [-0.1, -0.05) is 26.8 Å². The fourth-order valence-electron chi connectivity index (χ4n) is 3.09. The third-order valence-electron chi connectivity index (χ3n) is 4.63. The summed E-state index contributed by atoms with van der Waals surface area (Å²) >= 11 is 0. The SMILES string of the molecule is CC(C)(C)C1CCC(Oc2nc(C(F)(F)F)ccc2CN)CC1. The fraction of sp³-hybridized carbons (Fsp3) is 0.706. The molecular weight excluding hydrogens is 305 g/mol. The minimum absolute atomic E-state index is 0.0292. The molecule has 0 spiro atoms. The smallest absolute Gasteiger partial charge is 0.433 e. The largest absolute Gasteiger partial charge is 0.474 e. The van der Waals surface area contributed by atoms with E-state index in [4.69, 9.17) is 10.5 Å². The Bertz CT molecular complexity index is 530. The summed E-state index contributed by atoms with van der Waals surface area (Å²) in [5.74, 6) is 0.646. The molecule has 2 rings (SSSR count). The summed E-state index contributed by atoms with van der Waals surface area (Å²) in [5, 5.41) is 0. The van der Waals surface area contributed by atoms with E-state index in [-0.39, 0.29) is 23.9 Å². The van der Waals surface area contributed by atoms with E-state index in [1.807, 2.05) is 0 Å². The molecule has 130 valence electrons. The number of nitrogens with two attached hydrogens (primary N) is 1. The lowest BCUT2D eigenvalue weighted by Crippen LogP contribution is -2.31. The second-order valence-electron chi connectivity index (χ2n) is 7.32. The summed E-state index contributed by atoms with van der Waals surface area (Å²) in [7, 11) is 0. The third-order valence-corrected chi connectivity index (χ3v) is 4.63. The molecule has 3 nitrogen and oxygen atoms in total.